The molecular weight excluding hydrogens is 256 g/mol. The molecule has 0 aliphatic carbocycles. The number of esters is 1. The number of carbonyl (C=O) groups excluding carboxylic acids is 1. The van der Waals surface area contributed by atoms with Crippen LogP contribution in [0, 0.1) is 6.92 Å². The number of nitrogens with zero attached hydrogens (tertiary/aromatic N) is 3. The van der Waals surface area contributed by atoms with Crippen molar-refractivity contribution in [2.45, 2.75) is 32.7 Å². The molecule has 1 fully saturated rings. The molecule has 2 heterocycles. The summed E-state index contributed by atoms with van der Waals surface area (Å²) in [4.78, 5) is 22.5. The molecule has 1 atom stereocenters. The highest BCUT2D eigenvalue weighted by Crippen LogP contribution is 2.15. The van der Waals surface area contributed by atoms with Gasteiger partial charge in [-0.25, -0.2) is 14.8 Å². The van der Waals surface area contributed by atoms with E-state index < -0.39 is 0 Å². The molecule has 6 nitrogen and oxygen atoms in total. The van der Waals surface area contributed by atoms with Crippen molar-refractivity contribution in [2.75, 3.05) is 32.1 Å². The minimum atomic E-state index is -0.368. The molecular formula is C14H22N4O2. The summed E-state index contributed by atoms with van der Waals surface area (Å²) >= 11 is 0. The molecule has 0 aromatic carbocycles. The van der Waals surface area contributed by atoms with Crippen molar-refractivity contribution in [1.29, 1.82) is 0 Å². The number of hydrogen-bond acceptors (Lipinski definition) is 6. The average molecular weight is 278 g/mol. The van der Waals surface area contributed by atoms with Crippen molar-refractivity contribution < 1.29 is 9.53 Å². The third-order valence-electron chi connectivity index (χ3n) is 3.64. The van der Waals surface area contributed by atoms with Crippen molar-refractivity contribution in [3.63, 3.8) is 0 Å². The van der Waals surface area contributed by atoms with E-state index in [1.54, 1.807) is 13.8 Å². The van der Waals surface area contributed by atoms with Crippen molar-refractivity contribution >= 4 is 11.9 Å². The highest BCUT2D eigenvalue weighted by molar-refractivity contribution is 5.90. The summed E-state index contributed by atoms with van der Waals surface area (Å²) < 4.78 is 4.96. The number of hydrogen-bond donors (Lipinski definition) is 1. The molecule has 6 heteroatoms. The Kier molecular flexibility index (Phi) is 4.89. The minimum Gasteiger partial charge on any atom is -0.462 e. The van der Waals surface area contributed by atoms with E-state index in [0.717, 1.165) is 13.1 Å². The van der Waals surface area contributed by atoms with Crippen LogP contribution >= 0.6 is 0 Å². The molecule has 0 bridgehead atoms. The first-order valence-corrected chi connectivity index (χ1v) is 7.06. The first kappa shape index (κ1) is 14.7. The second kappa shape index (κ2) is 6.65. The molecule has 1 aromatic rings. The number of nitrogens with one attached hydrogen (secondary N) is 1. The zero-order valence-corrected chi connectivity index (χ0v) is 12.3. The van der Waals surface area contributed by atoms with Gasteiger partial charge in [-0.1, -0.05) is 0 Å². The van der Waals surface area contributed by atoms with Gasteiger partial charge in [-0.2, -0.15) is 0 Å². The van der Waals surface area contributed by atoms with Crippen LogP contribution in [0.2, 0.25) is 0 Å². The Bertz CT molecular complexity index is 478. The normalized spacial score (nSPS) is 19.1. The second-order valence-corrected chi connectivity index (χ2v) is 5.07. The van der Waals surface area contributed by atoms with Gasteiger partial charge in [-0.05, 0) is 40.3 Å². The van der Waals surface area contributed by atoms with Gasteiger partial charge >= 0.3 is 5.97 Å². The summed E-state index contributed by atoms with van der Waals surface area (Å²) in [5.41, 5.74) is 1.07. The standard InChI is InChI=1S/C14H22N4O2/c1-4-20-13(19)12-9-16-14(17-10(12)2)15-8-11-6-5-7-18(11)3/h9,11H,4-8H2,1-3H3,(H,15,16,17). The van der Waals surface area contributed by atoms with Gasteiger partial charge in [0.1, 0.15) is 0 Å². The van der Waals surface area contributed by atoms with Crippen LogP contribution in [0.15, 0.2) is 6.20 Å². The highest BCUT2D eigenvalue weighted by Gasteiger charge is 2.20. The lowest BCUT2D eigenvalue weighted by Gasteiger charge is -2.19. The van der Waals surface area contributed by atoms with Gasteiger partial charge < -0.3 is 15.0 Å². The van der Waals surface area contributed by atoms with E-state index in [2.05, 4.69) is 27.2 Å². The molecule has 1 aromatic heterocycles. The number of likely N-dealkylation sites (N-methyl/N-ethyl adjacent to an activating group) is 1. The van der Waals surface area contributed by atoms with Gasteiger partial charge in [0, 0.05) is 18.8 Å². The van der Waals surface area contributed by atoms with E-state index in [1.165, 1.54) is 19.0 Å². The van der Waals surface area contributed by atoms with Gasteiger partial charge in [0.15, 0.2) is 0 Å². The van der Waals surface area contributed by atoms with Gasteiger partial charge in [-0.15, -0.1) is 0 Å². The smallest absolute Gasteiger partial charge is 0.341 e. The van der Waals surface area contributed by atoms with Crippen LogP contribution in [0.25, 0.3) is 0 Å². The number of likely N-dealkylation sites (tertiary alicyclic amines) is 1. The minimum absolute atomic E-state index is 0.353. The second-order valence-electron chi connectivity index (χ2n) is 5.07. The summed E-state index contributed by atoms with van der Waals surface area (Å²) in [5.74, 6) is 0.197. The van der Waals surface area contributed by atoms with E-state index >= 15 is 0 Å². The molecule has 1 aliphatic heterocycles. The highest BCUT2D eigenvalue weighted by atomic mass is 16.5. The average Bonchev–Trinajstić information content (AvgIpc) is 2.82. The Morgan fingerprint density at radius 3 is 3.00 bits per heavy atom. The summed E-state index contributed by atoms with van der Waals surface area (Å²) in [6.45, 7) is 5.90. The third kappa shape index (κ3) is 3.45. The van der Waals surface area contributed by atoms with Gasteiger partial charge in [0.25, 0.3) is 0 Å². The van der Waals surface area contributed by atoms with Crippen LogP contribution in [-0.2, 0) is 4.74 Å². The lowest BCUT2D eigenvalue weighted by molar-refractivity contribution is 0.0524. The predicted molar refractivity (Wildman–Crippen MR) is 76.9 cm³/mol. The zero-order chi connectivity index (χ0) is 14.5. The number of ether oxygens (including phenoxy) is 1. The Hall–Kier alpha value is -1.69. The topological polar surface area (TPSA) is 67.3 Å². The van der Waals surface area contributed by atoms with Crippen LogP contribution in [0.5, 0.6) is 0 Å². The van der Waals surface area contributed by atoms with Crippen LogP contribution in [0.3, 0.4) is 0 Å². The first-order chi connectivity index (χ1) is 9.61. The molecule has 0 radical (unpaired) electrons. The van der Waals surface area contributed by atoms with Crippen LogP contribution in [0.1, 0.15) is 35.8 Å². The lowest BCUT2D eigenvalue weighted by Crippen LogP contribution is -2.32. The molecule has 0 saturated carbocycles. The molecule has 110 valence electrons. The fourth-order valence-corrected chi connectivity index (χ4v) is 2.41. The van der Waals surface area contributed by atoms with Gasteiger partial charge in [0.2, 0.25) is 5.95 Å². The summed E-state index contributed by atoms with van der Waals surface area (Å²) in [6.07, 6.45) is 3.97. The monoisotopic (exact) mass is 278 g/mol. The van der Waals surface area contributed by atoms with Crippen molar-refractivity contribution in [3.05, 3.63) is 17.5 Å². The van der Waals surface area contributed by atoms with E-state index in [1.807, 2.05) is 0 Å². The molecule has 1 aliphatic rings. The van der Waals surface area contributed by atoms with E-state index in [9.17, 15) is 4.79 Å². The number of carbonyl (C=O) groups is 1. The predicted octanol–water partition coefficient (Wildman–Crippen LogP) is 1.47. The lowest BCUT2D eigenvalue weighted by atomic mass is 10.2. The summed E-state index contributed by atoms with van der Waals surface area (Å²) in [6, 6.07) is 0.531. The third-order valence-corrected chi connectivity index (χ3v) is 3.64. The zero-order valence-electron chi connectivity index (χ0n) is 12.3. The van der Waals surface area contributed by atoms with Crippen LogP contribution < -0.4 is 5.32 Å². The maximum absolute atomic E-state index is 11.7. The largest absolute Gasteiger partial charge is 0.462 e. The quantitative estimate of drug-likeness (QED) is 0.823. The van der Waals surface area contributed by atoms with Crippen LogP contribution in [-0.4, -0.2) is 53.6 Å². The van der Waals surface area contributed by atoms with Crippen molar-refractivity contribution in [3.8, 4) is 0 Å². The Morgan fingerprint density at radius 1 is 1.60 bits per heavy atom. The Labute approximate surface area is 119 Å². The van der Waals surface area contributed by atoms with Crippen molar-refractivity contribution in [1.82, 2.24) is 14.9 Å². The fourth-order valence-electron chi connectivity index (χ4n) is 2.41. The molecule has 1 saturated heterocycles. The summed E-state index contributed by atoms with van der Waals surface area (Å²) in [5, 5.41) is 3.24. The maximum Gasteiger partial charge on any atom is 0.341 e. The number of aryl methyl sites for hydroxylation is 1. The molecule has 0 amide bonds. The molecule has 2 rings (SSSR count). The van der Waals surface area contributed by atoms with E-state index in [-0.39, 0.29) is 5.97 Å². The fraction of sp³-hybridized carbons (Fsp3) is 0.643. The molecule has 0 spiro atoms. The Morgan fingerprint density at radius 2 is 2.40 bits per heavy atom. The van der Waals surface area contributed by atoms with E-state index in [0.29, 0.717) is 29.9 Å². The number of aromatic nitrogens is 2. The van der Waals surface area contributed by atoms with Crippen molar-refractivity contribution in [2.24, 2.45) is 0 Å². The first-order valence-electron chi connectivity index (χ1n) is 7.06. The number of anilines is 1. The molecule has 20 heavy (non-hydrogen) atoms. The Balaban J connectivity index is 1.96. The van der Waals surface area contributed by atoms with Gasteiger partial charge in [0.05, 0.1) is 17.9 Å². The maximum atomic E-state index is 11.7. The SMILES string of the molecule is CCOC(=O)c1cnc(NCC2CCCN2C)nc1C. The number of rotatable bonds is 5. The molecule has 1 N–H and O–H groups in total. The van der Waals surface area contributed by atoms with Gasteiger partial charge in [-0.3, -0.25) is 0 Å². The van der Waals surface area contributed by atoms with E-state index in [4.69, 9.17) is 4.74 Å². The molecule has 1 unspecified atom stereocenters. The van der Waals surface area contributed by atoms with Crippen LogP contribution in [0.4, 0.5) is 5.95 Å². The summed E-state index contributed by atoms with van der Waals surface area (Å²) in [7, 11) is 2.13.